The van der Waals surface area contributed by atoms with E-state index >= 15 is 0 Å². The number of oxazole rings is 1. The van der Waals surface area contributed by atoms with Crippen LogP contribution < -0.4 is 5.32 Å². The molecule has 1 aliphatic rings. The molecule has 0 saturated heterocycles. The lowest BCUT2D eigenvalue weighted by Crippen LogP contribution is -2.22. The number of nitrogens with zero attached hydrogens (tertiary/aromatic N) is 1. The maximum atomic E-state index is 12.6. The lowest BCUT2D eigenvalue weighted by molar-refractivity contribution is 0.0948. The smallest absolute Gasteiger partial charge is 0.251 e. The molecular formula is C20H23N3O2. The predicted octanol–water partition coefficient (Wildman–Crippen LogP) is 3.83. The van der Waals surface area contributed by atoms with Crippen LogP contribution in [-0.2, 0) is 19.4 Å². The van der Waals surface area contributed by atoms with Crippen molar-refractivity contribution in [2.24, 2.45) is 5.92 Å². The third kappa shape index (κ3) is 2.95. The second-order valence-electron chi connectivity index (χ2n) is 7.11. The molecule has 2 N–H and O–H groups in total. The van der Waals surface area contributed by atoms with Gasteiger partial charge in [0.15, 0.2) is 5.89 Å². The third-order valence-corrected chi connectivity index (χ3v) is 5.11. The number of carbonyl (C=O) groups is 1. The van der Waals surface area contributed by atoms with Gasteiger partial charge >= 0.3 is 0 Å². The summed E-state index contributed by atoms with van der Waals surface area (Å²) in [5.74, 6) is 1.94. The second kappa shape index (κ2) is 6.06. The average molecular weight is 337 g/mol. The zero-order valence-corrected chi connectivity index (χ0v) is 14.9. The van der Waals surface area contributed by atoms with Crippen molar-refractivity contribution >= 4 is 16.8 Å². The number of benzene rings is 1. The van der Waals surface area contributed by atoms with Gasteiger partial charge in [-0.15, -0.1) is 0 Å². The Kier molecular flexibility index (Phi) is 3.86. The zero-order valence-electron chi connectivity index (χ0n) is 14.9. The highest BCUT2D eigenvalue weighted by atomic mass is 16.4. The highest BCUT2D eigenvalue weighted by Crippen LogP contribution is 2.32. The van der Waals surface area contributed by atoms with Gasteiger partial charge in [-0.2, -0.15) is 0 Å². The minimum absolute atomic E-state index is 0.0887. The molecule has 0 fully saturated rings. The first-order valence-corrected chi connectivity index (χ1v) is 8.86. The minimum atomic E-state index is -0.0887. The van der Waals surface area contributed by atoms with E-state index < -0.39 is 0 Å². The van der Waals surface area contributed by atoms with Crippen LogP contribution in [0.5, 0.6) is 0 Å². The van der Waals surface area contributed by atoms with Gasteiger partial charge in [0.2, 0.25) is 0 Å². The molecule has 3 aromatic rings. The quantitative estimate of drug-likeness (QED) is 0.763. The lowest BCUT2D eigenvalue weighted by atomic mass is 9.87. The van der Waals surface area contributed by atoms with E-state index in [9.17, 15) is 4.79 Å². The number of fused-ring (bicyclic) bond motifs is 3. The molecule has 1 amide bonds. The van der Waals surface area contributed by atoms with E-state index in [1.807, 2.05) is 32.0 Å². The largest absolute Gasteiger partial charge is 0.444 e. The van der Waals surface area contributed by atoms with Crippen LogP contribution in [0.1, 0.15) is 52.3 Å². The van der Waals surface area contributed by atoms with Crippen LogP contribution in [-0.4, -0.2) is 15.9 Å². The maximum absolute atomic E-state index is 12.6. The summed E-state index contributed by atoms with van der Waals surface area (Å²) >= 11 is 0. The first kappa shape index (κ1) is 15.9. The highest BCUT2D eigenvalue weighted by Gasteiger charge is 2.20. The van der Waals surface area contributed by atoms with E-state index in [0.29, 0.717) is 29.7 Å². The molecule has 5 heteroatoms. The summed E-state index contributed by atoms with van der Waals surface area (Å²) in [4.78, 5) is 20.3. The van der Waals surface area contributed by atoms with Gasteiger partial charge in [-0.1, -0.05) is 6.92 Å². The van der Waals surface area contributed by atoms with Crippen molar-refractivity contribution in [3.8, 4) is 0 Å². The van der Waals surface area contributed by atoms with Crippen molar-refractivity contribution < 1.29 is 9.21 Å². The number of nitrogens with one attached hydrogen (secondary N) is 2. The van der Waals surface area contributed by atoms with E-state index in [4.69, 9.17) is 4.42 Å². The van der Waals surface area contributed by atoms with Crippen LogP contribution in [0.4, 0.5) is 0 Å². The number of hydrogen-bond donors (Lipinski definition) is 2. The van der Waals surface area contributed by atoms with Crippen molar-refractivity contribution in [1.29, 1.82) is 0 Å². The summed E-state index contributed by atoms with van der Waals surface area (Å²) in [6.45, 7) is 6.34. The standard InChI is InChI=1S/C20H23N3O2/c1-11-4-6-17-15(8-11)16-9-14(5-7-18(16)23-17)20(24)21-10-19-12(2)22-13(3)25-19/h5,7,9,11,23H,4,6,8,10H2,1-3H3,(H,21,24). The van der Waals surface area contributed by atoms with Gasteiger partial charge in [0.05, 0.1) is 12.2 Å². The first-order chi connectivity index (χ1) is 12.0. The molecule has 1 unspecified atom stereocenters. The van der Waals surface area contributed by atoms with Crippen molar-refractivity contribution in [2.45, 2.75) is 46.6 Å². The molecule has 5 nitrogen and oxygen atoms in total. The number of amides is 1. The number of H-pyrrole nitrogens is 1. The third-order valence-electron chi connectivity index (χ3n) is 5.11. The Morgan fingerprint density at radius 3 is 3.00 bits per heavy atom. The molecule has 0 aliphatic heterocycles. The van der Waals surface area contributed by atoms with E-state index in [1.54, 1.807) is 0 Å². The van der Waals surface area contributed by atoms with Crippen LogP contribution in [0.3, 0.4) is 0 Å². The Labute approximate surface area is 146 Å². The summed E-state index contributed by atoms with van der Waals surface area (Å²) < 4.78 is 5.51. The number of aromatic nitrogens is 2. The fourth-order valence-electron chi connectivity index (χ4n) is 3.73. The minimum Gasteiger partial charge on any atom is -0.444 e. The van der Waals surface area contributed by atoms with Gasteiger partial charge in [-0.3, -0.25) is 4.79 Å². The number of aryl methyl sites for hydroxylation is 3. The van der Waals surface area contributed by atoms with Gasteiger partial charge in [0.1, 0.15) is 5.76 Å². The van der Waals surface area contributed by atoms with Gasteiger partial charge in [0.25, 0.3) is 5.91 Å². The fraction of sp³-hybridized carbons (Fsp3) is 0.400. The van der Waals surface area contributed by atoms with Crippen LogP contribution in [0.2, 0.25) is 0 Å². The second-order valence-corrected chi connectivity index (χ2v) is 7.11. The molecule has 0 saturated carbocycles. The molecule has 130 valence electrons. The lowest BCUT2D eigenvalue weighted by Gasteiger charge is -2.18. The SMILES string of the molecule is Cc1nc(C)c(CNC(=O)c2ccc3[nH]c4c(c3c2)CC(C)CC4)o1. The number of rotatable bonds is 3. The monoisotopic (exact) mass is 337 g/mol. The molecule has 0 bridgehead atoms. The summed E-state index contributed by atoms with van der Waals surface area (Å²) in [7, 11) is 0. The maximum Gasteiger partial charge on any atom is 0.251 e. The van der Waals surface area contributed by atoms with Gasteiger partial charge in [-0.05, 0) is 55.9 Å². The van der Waals surface area contributed by atoms with E-state index in [0.717, 1.165) is 24.1 Å². The molecule has 0 spiro atoms. The van der Waals surface area contributed by atoms with Crippen LogP contribution in [0.25, 0.3) is 10.9 Å². The molecule has 1 aromatic carbocycles. The number of hydrogen-bond acceptors (Lipinski definition) is 3. The molecule has 2 aromatic heterocycles. The molecule has 0 radical (unpaired) electrons. The molecule has 1 atom stereocenters. The Bertz CT molecular complexity index is 951. The summed E-state index contributed by atoms with van der Waals surface area (Å²) in [6, 6.07) is 5.90. The van der Waals surface area contributed by atoms with Crippen LogP contribution >= 0.6 is 0 Å². The van der Waals surface area contributed by atoms with E-state index in [2.05, 4.69) is 22.2 Å². The molecular weight excluding hydrogens is 314 g/mol. The summed E-state index contributed by atoms with van der Waals surface area (Å²) in [5, 5.41) is 4.11. The van der Waals surface area contributed by atoms with E-state index in [1.165, 1.54) is 23.1 Å². The van der Waals surface area contributed by atoms with Crippen LogP contribution in [0, 0.1) is 19.8 Å². The molecule has 25 heavy (non-hydrogen) atoms. The highest BCUT2D eigenvalue weighted by molar-refractivity contribution is 5.99. The summed E-state index contributed by atoms with van der Waals surface area (Å²) in [5.41, 5.74) is 5.34. The normalized spacial score (nSPS) is 16.8. The molecule has 2 heterocycles. The average Bonchev–Trinajstić information content (AvgIpc) is 3.11. The Balaban J connectivity index is 1.57. The Morgan fingerprint density at radius 2 is 2.24 bits per heavy atom. The van der Waals surface area contributed by atoms with Crippen molar-refractivity contribution in [1.82, 2.24) is 15.3 Å². The first-order valence-electron chi connectivity index (χ1n) is 8.86. The zero-order chi connectivity index (χ0) is 17.6. The number of carbonyl (C=O) groups excluding carboxylic acids is 1. The van der Waals surface area contributed by atoms with Crippen molar-refractivity contribution in [2.75, 3.05) is 0 Å². The Hall–Kier alpha value is -2.56. The fourth-order valence-corrected chi connectivity index (χ4v) is 3.73. The van der Waals surface area contributed by atoms with Crippen molar-refractivity contribution in [3.63, 3.8) is 0 Å². The predicted molar refractivity (Wildman–Crippen MR) is 96.6 cm³/mol. The topological polar surface area (TPSA) is 70.9 Å². The summed E-state index contributed by atoms with van der Waals surface area (Å²) in [6.07, 6.45) is 3.40. The van der Waals surface area contributed by atoms with Gasteiger partial charge in [-0.25, -0.2) is 4.98 Å². The molecule has 1 aliphatic carbocycles. The van der Waals surface area contributed by atoms with Crippen LogP contribution in [0.15, 0.2) is 22.6 Å². The Morgan fingerprint density at radius 1 is 1.40 bits per heavy atom. The van der Waals surface area contributed by atoms with Gasteiger partial charge in [0, 0.05) is 29.1 Å². The van der Waals surface area contributed by atoms with E-state index in [-0.39, 0.29) is 5.91 Å². The van der Waals surface area contributed by atoms with Crippen molar-refractivity contribution in [3.05, 3.63) is 52.4 Å². The van der Waals surface area contributed by atoms with Gasteiger partial charge < -0.3 is 14.7 Å². The number of aromatic amines is 1. The molecule has 4 rings (SSSR count).